The summed E-state index contributed by atoms with van der Waals surface area (Å²) in [7, 11) is -2.00. The van der Waals surface area contributed by atoms with Crippen LogP contribution < -0.4 is 9.34 Å². The van der Waals surface area contributed by atoms with Crippen LogP contribution in [0, 0.1) is 0 Å². The van der Waals surface area contributed by atoms with Crippen molar-refractivity contribution >= 4 is 19.5 Å². The Morgan fingerprint density at radius 2 is 1.14 bits per heavy atom. The maximum Gasteiger partial charge on any atom is 0.252 e. The van der Waals surface area contributed by atoms with Crippen LogP contribution in [0.15, 0.2) is 60.7 Å². The van der Waals surface area contributed by atoms with Crippen LogP contribution in [-0.4, -0.2) is 12.1 Å². The van der Waals surface area contributed by atoms with E-state index in [-0.39, 0.29) is 0 Å². The van der Waals surface area contributed by atoms with Crippen molar-refractivity contribution in [2.45, 2.75) is 37.8 Å². The molecule has 1 saturated heterocycles. The van der Waals surface area contributed by atoms with Gasteiger partial charge in [-0.1, -0.05) is 49.2 Å². The van der Waals surface area contributed by atoms with Gasteiger partial charge < -0.3 is 9.34 Å². The highest BCUT2D eigenvalue weighted by Crippen LogP contribution is 2.53. The fraction of sp³-hybridized carbons (Fsp3) is 0.333. The lowest BCUT2D eigenvalue weighted by Crippen LogP contribution is -2.40. The van der Waals surface area contributed by atoms with E-state index < -0.39 is 8.10 Å². The van der Waals surface area contributed by atoms with E-state index in [9.17, 15) is 4.57 Å². The molecular weight excluding hydrogens is 291 g/mol. The summed E-state index contributed by atoms with van der Waals surface area (Å²) in [5, 5.41) is 0. The number of hydrogen-bond donors (Lipinski definition) is 0. The van der Waals surface area contributed by atoms with Crippen molar-refractivity contribution in [3.8, 4) is 0 Å². The summed E-state index contributed by atoms with van der Waals surface area (Å²) in [5.74, 6) is 0. The fourth-order valence-electron chi connectivity index (χ4n) is 3.87. The van der Waals surface area contributed by atoms with E-state index in [0.717, 1.165) is 24.2 Å². The van der Waals surface area contributed by atoms with Gasteiger partial charge >= 0.3 is 0 Å². The maximum absolute atomic E-state index is 13.3. The maximum atomic E-state index is 13.3. The zero-order valence-electron chi connectivity index (χ0n) is 12.6. The number of fused-ring (bicyclic) bond motifs is 1. The molecule has 0 N–H and O–H groups in total. The number of anilines is 2. The summed E-state index contributed by atoms with van der Waals surface area (Å²) in [6.45, 7) is 0. The summed E-state index contributed by atoms with van der Waals surface area (Å²) in [6.07, 6.45) is 4.75. The third-order valence-electron chi connectivity index (χ3n) is 4.84. The van der Waals surface area contributed by atoms with Crippen LogP contribution in [-0.2, 0) is 4.57 Å². The Kier molecular flexibility index (Phi) is 3.67. The monoisotopic (exact) mass is 312 g/mol. The molecule has 114 valence electrons. The van der Waals surface area contributed by atoms with Crippen molar-refractivity contribution in [3.63, 3.8) is 0 Å². The van der Waals surface area contributed by atoms with Crippen LogP contribution in [0.3, 0.4) is 0 Å². The SMILES string of the molecule is O=[PH]1N(c2ccccc2)[C@@H]2CCCC[C@H]2N1c1ccccc1. The van der Waals surface area contributed by atoms with Crippen molar-refractivity contribution in [1.82, 2.24) is 0 Å². The second-order valence-electron chi connectivity index (χ2n) is 6.11. The molecule has 2 aliphatic rings. The highest BCUT2D eigenvalue weighted by molar-refractivity contribution is 7.49. The first-order chi connectivity index (χ1) is 10.9. The molecule has 1 aliphatic carbocycles. The van der Waals surface area contributed by atoms with Gasteiger partial charge in [0.2, 0.25) is 0 Å². The molecule has 2 aromatic rings. The van der Waals surface area contributed by atoms with Gasteiger partial charge in [0.1, 0.15) is 0 Å². The molecule has 0 unspecified atom stereocenters. The molecule has 2 atom stereocenters. The van der Waals surface area contributed by atoms with E-state index in [1.165, 1.54) is 12.8 Å². The molecule has 2 fully saturated rings. The molecule has 4 rings (SSSR count). The predicted octanol–water partition coefficient (Wildman–Crippen LogP) is 4.71. The summed E-state index contributed by atoms with van der Waals surface area (Å²) >= 11 is 0. The van der Waals surface area contributed by atoms with Gasteiger partial charge in [-0.25, -0.2) is 0 Å². The largest absolute Gasteiger partial charge is 0.304 e. The number of benzene rings is 2. The molecule has 1 heterocycles. The van der Waals surface area contributed by atoms with Gasteiger partial charge in [-0.2, -0.15) is 0 Å². The van der Waals surface area contributed by atoms with Crippen molar-refractivity contribution in [1.29, 1.82) is 0 Å². The zero-order chi connectivity index (χ0) is 14.9. The average molecular weight is 312 g/mol. The third kappa shape index (κ3) is 2.24. The molecule has 0 bridgehead atoms. The summed E-state index contributed by atoms with van der Waals surface area (Å²) in [4.78, 5) is 0. The minimum Gasteiger partial charge on any atom is -0.304 e. The van der Waals surface area contributed by atoms with E-state index in [4.69, 9.17) is 0 Å². The van der Waals surface area contributed by atoms with E-state index >= 15 is 0 Å². The first-order valence-corrected chi connectivity index (χ1v) is 9.39. The molecule has 22 heavy (non-hydrogen) atoms. The molecule has 0 aromatic heterocycles. The second kappa shape index (κ2) is 5.81. The minimum atomic E-state index is -2.00. The van der Waals surface area contributed by atoms with Gasteiger partial charge in [0.15, 0.2) is 0 Å². The van der Waals surface area contributed by atoms with Crippen molar-refractivity contribution in [2.75, 3.05) is 9.34 Å². The van der Waals surface area contributed by atoms with Crippen molar-refractivity contribution in [2.24, 2.45) is 0 Å². The molecule has 2 aromatic carbocycles. The van der Waals surface area contributed by atoms with Crippen LogP contribution in [0.5, 0.6) is 0 Å². The second-order valence-corrected chi connectivity index (χ2v) is 7.64. The third-order valence-corrected chi connectivity index (χ3v) is 6.84. The van der Waals surface area contributed by atoms with E-state index in [1.54, 1.807) is 0 Å². The Morgan fingerprint density at radius 1 is 0.727 bits per heavy atom. The topological polar surface area (TPSA) is 23.6 Å². The lowest BCUT2D eigenvalue weighted by Gasteiger charge is -2.32. The molecule has 0 radical (unpaired) electrons. The highest BCUT2D eigenvalue weighted by Gasteiger charge is 2.46. The first kappa shape index (κ1) is 13.9. The van der Waals surface area contributed by atoms with Crippen molar-refractivity contribution < 1.29 is 4.57 Å². The molecule has 4 heteroatoms. The normalized spacial score (nSPS) is 25.3. The van der Waals surface area contributed by atoms with Gasteiger partial charge in [0.25, 0.3) is 8.10 Å². The van der Waals surface area contributed by atoms with E-state index in [0.29, 0.717) is 12.1 Å². The first-order valence-electron chi connectivity index (χ1n) is 8.09. The molecule has 1 saturated carbocycles. The Morgan fingerprint density at radius 3 is 1.55 bits per heavy atom. The Labute approximate surface area is 132 Å². The number of rotatable bonds is 2. The Bertz CT molecular complexity index is 604. The van der Waals surface area contributed by atoms with Crippen molar-refractivity contribution in [3.05, 3.63) is 60.7 Å². The quantitative estimate of drug-likeness (QED) is 0.750. The van der Waals surface area contributed by atoms with Gasteiger partial charge in [-0.3, -0.25) is 4.57 Å². The van der Waals surface area contributed by atoms with Crippen LogP contribution in [0.2, 0.25) is 0 Å². The standard InChI is InChI=1S/C18H21N2OP/c21-22-19(15-9-3-1-4-10-15)17-13-7-8-14-18(17)20(22)16-11-5-2-6-12-16/h1-6,9-12,17-18,22H,7-8,13-14H2/t17-,18-/m1/s1. The fourth-order valence-corrected chi connectivity index (χ4v) is 6.02. The molecule has 3 nitrogen and oxygen atoms in total. The van der Waals surface area contributed by atoms with E-state index in [1.807, 2.05) is 36.4 Å². The smallest absolute Gasteiger partial charge is 0.252 e. The van der Waals surface area contributed by atoms with Crippen LogP contribution in [0.1, 0.15) is 25.7 Å². The van der Waals surface area contributed by atoms with Gasteiger partial charge in [-0.05, 0) is 37.1 Å². The molecule has 1 aliphatic heterocycles. The Balaban J connectivity index is 1.76. The zero-order valence-corrected chi connectivity index (χ0v) is 13.6. The lowest BCUT2D eigenvalue weighted by atomic mass is 9.90. The summed E-state index contributed by atoms with van der Waals surface area (Å²) < 4.78 is 17.7. The van der Waals surface area contributed by atoms with E-state index in [2.05, 4.69) is 33.6 Å². The predicted molar refractivity (Wildman–Crippen MR) is 92.9 cm³/mol. The van der Waals surface area contributed by atoms with Crippen LogP contribution in [0.25, 0.3) is 0 Å². The van der Waals surface area contributed by atoms with Crippen LogP contribution in [0.4, 0.5) is 11.4 Å². The minimum absolute atomic E-state index is 0.378. The Hall–Kier alpha value is -1.73. The molecule has 0 amide bonds. The lowest BCUT2D eigenvalue weighted by molar-refractivity contribution is 0.409. The summed E-state index contributed by atoms with van der Waals surface area (Å²) in [5.41, 5.74) is 2.20. The number of nitrogens with zero attached hydrogens (tertiary/aromatic N) is 2. The van der Waals surface area contributed by atoms with Gasteiger partial charge in [0, 0.05) is 11.4 Å². The van der Waals surface area contributed by atoms with Crippen LogP contribution >= 0.6 is 8.10 Å². The average Bonchev–Trinajstić information content (AvgIpc) is 2.88. The highest BCUT2D eigenvalue weighted by atomic mass is 31.1. The molecular formula is C18H21N2OP. The van der Waals surface area contributed by atoms with Gasteiger partial charge in [0.05, 0.1) is 12.1 Å². The number of para-hydroxylation sites is 2. The number of hydrogen-bond acceptors (Lipinski definition) is 1. The molecule has 0 spiro atoms. The summed E-state index contributed by atoms with van der Waals surface area (Å²) in [6, 6.07) is 21.3. The van der Waals surface area contributed by atoms with Gasteiger partial charge in [-0.15, -0.1) is 0 Å².